The molecule has 1 fully saturated rings. The third kappa shape index (κ3) is 3.03. The molecule has 1 saturated carbocycles. The summed E-state index contributed by atoms with van der Waals surface area (Å²) in [6, 6.07) is 0. The van der Waals surface area contributed by atoms with Crippen LogP contribution in [0.15, 0.2) is 0 Å². The van der Waals surface area contributed by atoms with E-state index < -0.39 is 5.92 Å². The molecule has 12 heavy (non-hydrogen) atoms. The molecule has 1 N–H and O–H groups in total. The van der Waals surface area contributed by atoms with Gasteiger partial charge in [-0.1, -0.05) is 0 Å². The topological polar surface area (TPSA) is 21.3 Å². The summed E-state index contributed by atoms with van der Waals surface area (Å²) in [5.74, 6) is -2.38. The summed E-state index contributed by atoms with van der Waals surface area (Å²) < 4.78 is 25.6. The Kier molecular flexibility index (Phi) is 3.40. The van der Waals surface area contributed by atoms with Gasteiger partial charge >= 0.3 is 0 Å². The molecule has 0 aromatic carbocycles. The van der Waals surface area contributed by atoms with Gasteiger partial charge < -0.3 is 4.84 Å². The lowest BCUT2D eigenvalue weighted by atomic mass is 9.87. The summed E-state index contributed by atoms with van der Waals surface area (Å²) in [7, 11) is 1.50. The maximum absolute atomic E-state index is 12.8. The highest BCUT2D eigenvalue weighted by molar-refractivity contribution is 4.78. The normalized spacial score (nSPS) is 28.8. The van der Waals surface area contributed by atoms with E-state index in [1.807, 2.05) is 0 Å². The fourth-order valence-electron chi connectivity index (χ4n) is 1.65. The van der Waals surface area contributed by atoms with Crippen LogP contribution in [0.4, 0.5) is 8.78 Å². The lowest BCUT2D eigenvalue weighted by Crippen LogP contribution is -2.32. The fourth-order valence-corrected chi connectivity index (χ4v) is 1.65. The van der Waals surface area contributed by atoms with Crippen molar-refractivity contribution in [3.8, 4) is 0 Å². The molecule has 1 aliphatic rings. The lowest BCUT2D eigenvalue weighted by Gasteiger charge is -2.28. The predicted octanol–water partition coefficient (Wildman–Crippen LogP) is 1.96. The minimum atomic E-state index is -2.45. The first-order valence-corrected chi connectivity index (χ1v) is 4.28. The van der Waals surface area contributed by atoms with Gasteiger partial charge in [0.1, 0.15) is 0 Å². The fraction of sp³-hybridized carbons (Fsp3) is 1.00. The van der Waals surface area contributed by atoms with Crippen molar-refractivity contribution in [3.63, 3.8) is 0 Å². The number of nitrogens with one attached hydrogen (secondary N) is 1. The van der Waals surface area contributed by atoms with Crippen LogP contribution in [0.2, 0.25) is 0 Å². The van der Waals surface area contributed by atoms with Crippen molar-refractivity contribution in [1.82, 2.24) is 5.48 Å². The van der Waals surface area contributed by atoms with Crippen LogP contribution in [-0.4, -0.2) is 19.6 Å². The van der Waals surface area contributed by atoms with Crippen LogP contribution in [0.3, 0.4) is 0 Å². The Morgan fingerprint density at radius 3 is 2.92 bits per heavy atom. The van der Waals surface area contributed by atoms with Gasteiger partial charge in [0.25, 0.3) is 0 Å². The van der Waals surface area contributed by atoms with Gasteiger partial charge in [-0.15, -0.1) is 0 Å². The molecule has 0 saturated heterocycles. The van der Waals surface area contributed by atoms with E-state index in [4.69, 9.17) is 0 Å². The lowest BCUT2D eigenvalue weighted by molar-refractivity contribution is -0.0582. The zero-order valence-electron chi connectivity index (χ0n) is 7.28. The number of halogens is 2. The molecule has 0 aliphatic heterocycles. The molecule has 72 valence electrons. The second-order valence-electron chi connectivity index (χ2n) is 3.37. The van der Waals surface area contributed by atoms with Gasteiger partial charge in [0, 0.05) is 19.4 Å². The Morgan fingerprint density at radius 2 is 2.33 bits per heavy atom. The Hall–Kier alpha value is -0.220. The molecule has 1 atom stereocenters. The summed E-state index contributed by atoms with van der Waals surface area (Å²) >= 11 is 0. The molecule has 0 bridgehead atoms. The van der Waals surface area contributed by atoms with Crippen molar-refractivity contribution in [2.75, 3.05) is 13.7 Å². The summed E-state index contributed by atoms with van der Waals surface area (Å²) in [6.07, 6.45) is 1.56. The average Bonchev–Trinajstić information content (AvgIpc) is 1.99. The number of alkyl halides is 2. The van der Waals surface area contributed by atoms with Crippen molar-refractivity contribution in [1.29, 1.82) is 0 Å². The molecular weight excluding hydrogens is 164 g/mol. The third-order valence-electron chi connectivity index (χ3n) is 2.26. The molecular formula is C8H15F2NO. The van der Waals surface area contributed by atoms with E-state index >= 15 is 0 Å². The van der Waals surface area contributed by atoms with Crippen molar-refractivity contribution in [3.05, 3.63) is 0 Å². The first kappa shape index (κ1) is 9.86. The van der Waals surface area contributed by atoms with Crippen LogP contribution in [-0.2, 0) is 4.84 Å². The number of hydrogen-bond acceptors (Lipinski definition) is 2. The summed E-state index contributed by atoms with van der Waals surface area (Å²) in [5, 5.41) is 0. The standard InChI is InChI=1S/C8H15F2NO/c1-12-11-6-7-3-2-4-8(9,10)5-7/h7,11H,2-6H2,1H3. The molecule has 1 unspecified atom stereocenters. The smallest absolute Gasteiger partial charge is 0.248 e. The minimum absolute atomic E-state index is 0.00333. The molecule has 0 amide bonds. The molecule has 1 rings (SSSR count). The van der Waals surface area contributed by atoms with Crippen LogP contribution in [0.25, 0.3) is 0 Å². The first-order chi connectivity index (χ1) is 5.64. The molecule has 4 heteroatoms. The van der Waals surface area contributed by atoms with Gasteiger partial charge in [0.2, 0.25) is 5.92 Å². The van der Waals surface area contributed by atoms with Gasteiger partial charge in [-0.05, 0) is 18.8 Å². The number of hydroxylamine groups is 1. The molecule has 2 nitrogen and oxygen atoms in total. The first-order valence-electron chi connectivity index (χ1n) is 4.28. The van der Waals surface area contributed by atoms with Gasteiger partial charge in [0.05, 0.1) is 7.11 Å². The van der Waals surface area contributed by atoms with E-state index in [1.54, 1.807) is 0 Å². The Bertz CT molecular complexity index is 141. The van der Waals surface area contributed by atoms with Gasteiger partial charge in [-0.25, -0.2) is 14.3 Å². The summed E-state index contributed by atoms with van der Waals surface area (Å²) in [4.78, 5) is 4.62. The van der Waals surface area contributed by atoms with E-state index in [9.17, 15) is 8.78 Å². The molecule has 0 radical (unpaired) electrons. The molecule has 0 aromatic heterocycles. The van der Waals surface area contributed by atoms with Crippen LogP contribution in [0.1, 0.15) is 25.7 Å². The van der Waals surface area contributed by atoms with Crippen molar-refractivity contribution >= 4 is 0 Å². The van der Waals surface area contributed by atoms with Gasteiger partial charge in [0.15, 0.2) is 0 Å². The van der Waals surface area contributed by atoms with E-state index in [1.165, 1.54) is 7.11 Å². The monoisotopic (exact) mass is 179 g/mol. The van der Waals surface area contributed by atoms with E-state index in [0.29, 0.717) is 13.0 Å². The largest absolute Gasteiger partial charge is 0.305 e. The zero-order chi connectivity index (χ0) is 9.03. The van der Waals surface area contributed by atoms with Crippen LogP contribution >= 0.6 is 0 Å². The third-order valence-corrected chi connectivity index (χ3v) is 2.26. The maximum atomic E-state index is 12.8. The quantitative estimate of drug-likeness (QED) is 0.669. The van der Waals surface area contributed by atoms with Crippen LogP contribution in [0.5, 0.6) is 0 Å². The zero-order valence-corrected chi connectivity index (χ0v) is 7.28. The molecule has 0 spiro atoms. The highest BCUT2D eigenvalue weighted by Crippen LogP contribution is 2.36. The number of hydrogen-bond donors (Lipinski definition) is 1. The maximum Gasteiger partial charge on any atom is 0.248 e. The molecule has 0 aromatic rings. The predicted molar refractivity (Wildman–Crippen MR) is 41.9 cm³/mol. The van der Waals surface area contributed by atoms with Crippen molar-refractivity contribution < 1.29 is 13.6 Å². The van der Waals surface area contributed by atoms with Crippen LogP contribution in [0, 0.1) is 5.92 Å². The second kappa shape index (κ2) is 4.14. The minimum Gasteiger partial charge on any atom is -0.305 e. The SMILES string of the molecule is CONCC1CCCC(F)(F)C1. The molecule has 1 aliphatic carbocycles. The van der Waals surface area contributed by atoms with Gasteiger partial charge in [-0.3, -0.25) is 0 Å². The van der Waals surface area contributed by atoms with E-state index in [2.05, 4.69) is 10.3 Å². The second-order valence-corrected chi connectivity index (χ2v) is 3.37. The Morgan fingerprint density at radius 1 is 1.58 bits per heavy atom. The molecule has 0 heterocycles. The van der Waals surface area contributed by atoms with Gasteiger partial charge in [-0.2, -0.15) is 0 Å². The van der Waals surface area contributed by atoms with Crippen LogP contribution < -0.4 is 5.48 Å². The average molecular weight is 179 g/mol. The van der Waals surface area contributed by atoms with Crippen molar-refractivity contribution in [2.24, 2.45) is 5.92 Å². The van der Waals surface area contributed by atoms with E-state index in [0.717, 1.165) is 6.42 Å². The Labute approximate surface area is 71.2 Å². The highest BCUT2D eigenvalue weighted by atomic mass is 19.3. The summed E-state index contributed by atoms with van der Waals surface area (Å²) in [5.41, 5.74) is 2.62. The summed E-state index contributed by atoms with van der Waals surface area (Å²) in [6.45, 7) is 0.534. The van der Waals surface area contributed by atoms with Crippen molar-refractivity contribution in [2.45, 2.75) is 31.6 Å². The highest BCUT2D eigenvalue weighted by Gasteiger charge is 2.35. The Balaban J connectivity index is 2.26. The van der Waals surface area contributed by atoms with E-state index in [-0.39, 0.29) is 18.8 Å². The number of rotatable bonds is 3.